The van der Waals surface area contributed by atoms with E-state index in [1.807, 2.05) is 0 Å². The normalized spacial score (nSPS) is 18.1. The number of likely N-dealkylation sites (tertiary alicyclic amines) is 1. The molecule has 3 amide bonds. The molecule has 0 saturated carbocycles. The van der Waals surface area contributed by atoms with Crippen LogP contribution < -0.4 is 10.6 Å². The Morgan fingerprint density at radius 2 is 2.05 bits per heavy atom. The van der Waals surface area contributed by atoms with Gasteiger partial charge in [-0.2, -0.15) is 0 Å². The number of nitrogens with one attached hydrogen (secondary N) is 2. The molecule has 7 nitrogen and oxygen atoms in total. The summed E-state index contributed by atoms with van der Waals surface area (Å²) < 4.78 is 4.50. The summed E-state index contributed by atoms with van der Waals surface area (Å²) in [5.74, 6) is -0.474. The van der Waals surface area contributed by atoms with Gasteiger partial charge in [0.05, 0.1) is 13.5 Å². The Morgan fingerprint density at radius 3 is 2.65 bits per heavy atom. The van der Waals surface area contributed by atoms with Crippen LogP contribution in [0.1, 0.15) is 6.42 Å². The quantitative estimate of drug-likeness (QED) is 0.806. The third kappa shape index (κ3) is 2.87. The molecule has 1 aliphatic heterocycles. The van der Waals surface area contributed by atoms with E-state index in [1.165, 1.54) is 14.2 Å². The highest BCUT2D eigenvalue weighted by molar-refractivity contribution is 6.06. The monoisotopic (exact) mass is 277 g/mol. The highest BCUT2D eigenvalue weighted by atomic mass is 16.5. The van der Waals surface area contributed by atoms with Gasteiger partial charge in [0.25, 0.3) is 5.91 Å². The topological polar surface area (TPSA) is 87.7 Å². The second-order valence-electron chi connectivity index (χ2n) is 4.39. The first-order chi connectivity index (χ1) is 9.51. The molecular formula is C13H15N3O4. The SMILES string of the molecule is COC(=O)Nc1cccc(NC2CC(=O)N(C)C2=O)c1. The molecule has 0 aliphatic carbocycles. The Bertz CT molecular complexity index is 558. The molecule has 1 heterocycles. The van der Waals surface area contributed by atoms with E-state index in [0.717, 1.165) is 4.90 Å². The molecule has 0 radical (unpaired) electrons. The zero-order chi connectivity index (χ0) is 14.7. The number of carbonyl (C=O) groups excluding carboxylic acids is 3. The maximum absolute atomic E-state index is 11.8. The minimum Gasteiger partial charge on any atom is -0.453 e. The number of likely N-dealkylation sites (N-methyl/N-ethyl adjacent to an activating group) is 1. The summed E-state index contributed by atoms with van der Waals surface area (Å²) in [6, 6.07) is 6.25. The maximum atomic E-state index is 11.8. The van der Waals surface area contributed by atoms with E-state index in [2.05, 4.69) is 15.4 Å². The Balaban J connectivity index is 2.07. The van der Waals surface area contributed by atoms with Crippen molar-refractivity contribution < 1.29 is 19.1 Å². The molecule has 1 aromatic carbocycles. The fraction of sp³-hybridized carbons (Fsp3) is 0.308. The van der Waals surface area contributed by atoms with Crippen LogP contribution in [0.2, 0.25) is 0 Å². The van der Waals surface area contributed by atoms with Gasteiger partial charge in [-0.15, -0.1) is 0 Å². The second-order valence-corrected chi connectivity index (χ2v) is 4.39. The number of imide groups is 1. The largest absolute Gasteiger partial charge is 0.453 e. The van der Waals surface area contributed by atoms with E-state index in [9.17, 15) is 14.4 Å². The van der Waals surface area contributed by atoms with Crippen molar-refractivity contribution in [2.45, 2.75) is 12.5 Å². The Hall–Kier alpha value is -2.57. The van der Waals surface area contributed by atoms with Gasteiger partial charge >= 0.3 is 6.09 Å². The van der Waals surface area contributed by atoms with Crippen LogP contribution in [0.5, 0.6) is 0 Å². The van der Waals surface area contributed by atoms with Crippen molar-refractivity contribution in [2.24, 2.45) is 0 Å². The molecule has 1 unspecified atom stereocenters. The molecule has 1 saturated heterocycles. The number of hydrogen-bond acceptors (Lipinski definition) is 5. The van der Waals surface area contributed by atoms with Crippen LogP contribution in [0.15, 0.2) is 24.3 Å². The molecule has 1 aromatic rings. The van der Waals surface area contributed by atoms with Crippen molar-refractivity contribution in [1.29, 1.82) is 0 Å². The fourth-order valence-corrected chi connectivity index (χ4v) is 1.93. The van der Waals surface area contributed by atoms with Gasteiger partial charge in [0.2, 0.25) is 5.91 Å². The van der Waals surface area contributed by atoms with Crippen LogP contribution in [0.4, 0.5) is 16.2 Å². The van der Waals surface area contributed by atoms with Crippen LogP contribution in [-0.4, -0.2) is 43.0 Å². The number of nitrogens with zero attached hydrogens (tertiary/aromatic N) is 1. The third-order valence-electron chi connectivity index (χ3n) is 3.02. The Morgan fingerprint density at radius 1 is 1.35 bits per heavy atom. The van der Waals surface area contributed by atoms with Gasteiger partial charge in [0.1, 0.15) is 6.04 Å². The summed E-state index contributed by atoms with van der Waals surface area (Å²) in [6.07, 6.45) is -0.446. The van der Waals surface area contributed by atoms with E-state index >= 15 is 0 Å². The summed E-state index contributed by atoms with van der Waals surface area (Å²) in [7, 11) is 2.73. The molecule has 7 heteroatoms. The Labute approximate surface area is 115 Å². The van der Waals surface area contributed by atoms with Crippen LogP contribution in [-0.2, 0) is 14.3 Å². The molecule has 1 fully saturated rings. The fourth-order valence-electron chi connectivity index (χ4n) is 1.93. The standard InChI is InChI=1S/C13H15N3O4/c1-16-11(17)7-10(12(16)18)14-8-4-3-5-9(6-8)15-13(19)20-2/h3-6,10,14H,7H2,1-2H3,(H,15,19). The van der Waals surface area contributed by atoms with Crippen molar-refractivity contribution in [1.82, 2.24) is 4.90 Å². The second kappa shape index (κ2) is 5.60. The first-order valence-electron chi connectivity index (χ1n) is 6.03. The van der Waals surface area contributed by atoms with Gasteiger partial charge in [-0.3, -0.25) is 19.8 Å². The molecule has 0 spiro atoms. The van der Waals surface area contributed by atoms with Gasteiger partial charge in [-0.05, 0) is 18.2 Å². The number of amides is 3. The average Bonchev–Trinajstić information content (AvgIpc) is 2.66. The summed E-state index contributed by atoms with van der Waals surface area (Å²) in [4.78, 5) is 35.4. The molecule has 1 aliphatic rings. The lowest BCUT2D eigenvalue weighted by atomic mass is 10.2. The molecular weight excluding hydrogens is 262 g/mol. The summed E-state index contributed by atoms with van der Waals surface area (Å²) in [6.45, 7) is 0. The Kier molecular flexibility index (Phi) is 3.88. The predicted molar refractivity (Wildman–Crippen MR) is 72.3 cm³/mol. The van der Waals surface area contributed by atoms with Gasteiger partial charge in [0, 0.05) is 18.4 Å². The van der Waals surface area contributed by atoms with Crippen molar-refractivity contribution in [3.05, 3.63) is 24.3 Å². The number of ether oxygens (including phenoxy) is 1. The number of hydrogen-bond donors (Lipinski definition) is 2. The number of carbonyl (C=O) groups is 3. The predicted octanol–water partition coefficient (Wildman–Crippen LogP) is 1.03. The van der Waals surface area contributed by atoms with Crippen LogP contribution in [0.3, 0.4) is 0 Å². The van der Waals surface area contributed by atoms with Crippen molar-refractivity contribution in [3.8, 4) is 0 Å². The lowest BCUT2D eigenvalue weighted by Gasteiger charge is -2.13. The van der Waals surface area contributed by atoms with Gasteiger partial charge in [0.15, 0.2) is 0 Å². The maximum Gasteiger partial charge on any atom is 0.411 e. The molecule has 20 heavy (non-hydrogen) atoms. The minimum atomic E-state index is -0.575. The summed E-state index contributed by atoms with van der Waals surface area (Å²) >= 11 is 0. The van der Waals surface area contributed by atoms with Crippen molar-refractivity contribution in [3.63, 3.8) is 0 Å². The van der Waals surface area contributed by atoms with Crippen LogP contribution in [0, 0.1) is 0 Å². The lowest BCUT2D eigenvalue weighted by molar-refractivity contribution is -0.136. The van der Waals surface area contributed by atoms with E-state index in [0.29, 0.717) is 11.4 Å². The molecule has 2 N–H and O–H groups in total. The lowest BCUT2D eigenvalue weighted by Crippen LogP contribution is -2.31. The van der Waals surface area contributed by atoms with E-state index in [4.69, 9.17) is 0 Å². The van der Waals surface area contributed by atoms with Gasteiger partial charge in [-0.25, -0.2) is 4.79 Å². The van der Waals surface area contributed by atoms with Gasteiger partial charge < -0.3 is 10.1 Å². The molecule has 1 atom stereocenters. The summed E-state index contributed by atoms with van der Waals surface area (Å²) in [5.41, 5.74) is 1.17. The van der Waals surface area contributed by atoms with Gasteiger partial charge in [-0.1, -0.05) is 6.07 Å². The first-order valence-corrected chi connectivity index (χ1v) is 6.03. The zero-order valence-electron chi connectivity index (χ0n) is 11.2. The first kappa shape index (κ1) is 13.9. The number of rotatable bonds is 3. The van der Waals surface area contributed by atoms with E-state index < -0.39 is 12.1 Å². The zero-order valence-corrected chi connectivity index (χ0v) is 11.2. The summed E-state index contributed by atoms with van der Waals surface area (Å²) in [5, 5.41) is 5.50. The minimum absolute atomic E-state index is 0.129. The number of benzene rings is 1. The number of anilines is 2. The highest BCUT2D eigenvalue weighted by Crippen LogP contribution is 2.20. The van der Waals surface area contributed by atoms with Crippen LogP contribution >= 0.6 is 0 Å². The van der Waals surface area contributed by atoms with Crippen LogP contribution in [0.25, 0.3) is 0 Å². The van der Waals surface area contributed by atoms with E-state index in [1.54, 1.807) is 24.3 Å². The van der Waals surface area contributed by atoms with E-state index in [-0.39, 0.29) is 18.2 Å². The molecule has 0 bridgehead atoms. The third-order valence-corrected chi connectivity index (χ3v) is 3.02. The smallest absolute Gasteiger partial charge is 0.411 e. The number of methoxy groups -OCH3 is 1. The molecule has 2 rings (SSSR count). The molecule has 0 aromatic heterocycles. The molecule has 106 valence electrons. The van der Waals surface area contributed by atoms with Crippen molar-refractivity contribution >= 4 is 29.3 Å². The van der Waals surface area contributed by atoms with Crippen molar-refractivity contribution in [2.75, 3.05) is 24.8 Å². The average molecular weight is 277 g/mol. The highest BCUT2D eigenvalue weighted by Gasteiger charge is 2.35.